The maximum absolute atomic E-state index is 13.2. The van der Waals surface area contributed by atoms with E-state index in [1.807, 2.05) is 18.7 Å². The maximum atomic E-state index is 13.2. The van der Waals surface area contributed by atoms with Gasteiger partial charge in [0.2, 0.25) is 5.91 Å². The molecule has 2 aliphatic heterocycles. The zero-order valence-corrected chi connectivity index (χ0v) is 25.9. The summed E-state index contributed by atoms with van der Waals surface area (Å²) in [6.45, 7) is 6.68. The summed E-state index contributed by atoms with van der Waals surface area (Å²) in [6, 6.07) is 6.88. The molecular weight excluding hydrogens is 562 g/mol. The monoisotopic (exact) mass is 608 g/mol. The van der Waals surface area contributed by atoms with E-state index < -0.39 is 29.8 Å². The third-order valence-electron chi connectivity index (χ3n) is 6.51. The van der Waals surface area contributed by atoms with Crippen LogP contribution in [0.3, 0.4) is 0 Å². The third-order valence-corrected chi connectivity index (χ3v) is 6.51. The highest BCUT2D eigenvalue weighted by Gasteiger charge is 2.33. The number of amides is 2. The number of methoxy groups -OCH3 is 2. The van der Waals surface area contributed by atoms with Crippen LogP contribution in [0, 0.1) is 11.6 Å². The minimum absolute atomic E-state index is 0.0236. The number of aliphatic hydroxyl groups excluding tert-OH is 1. The summed E-state index contributed by atoms with van der Waals surface area (Å²) in [4.78, 5) is 36.5. The van der Waals surface area contributed by atoms with Crippen molar-refractivity contribution in [3.8, 4) is 5.75 Å². The average Bonchev–Trinajstić information content (AvgIpc) is 3.55. The van der Waals surface area contributed by atoms with Gasteiger partial charge in [-0.1, -0.05) is 13.8 Å². The topological polar surface area (TPSA) is 129 Å². The first-order valence-electron chi connectivity index (χ1n) is 14.3. The zero-order valence-electron chi connectivity index (χ0n) is 25.9. The number of carbonyl (C=O) groups is 3. The number of aldehydes is 1. The molecule has 2 aliphatic rings. The van der Waals surface area contributed by atoms with E-state index in [1.54, 1.807) is 39.5 Å². The number of halogens is 2. The average molecular weight is 609 g/mol. The summed E-state index contributed by atoms with van der Waals surface area (Å²) >= 11 is 0. The molecule has 3 atom stereocenters. The van der Waals surface area contributed by atoms with Crippen LogP contribution in [0.1, 0.15) is 53.0 Å². The number of aliphatic hydroxyl groups is 1. The molecule has 0 aliphatic carbocycles. The maximum Gasteiger partial charge on any atom is 0.254 e. The van der Waals surface area contributed by atoms with E-state index in [-0.39, 0.29) is 18.2 Å². The Morgan fingerprint density at radius 3 is 2.19 bits per heavy atom. The number of nitrogens with zero attached hydrogens (tertiary/aromatic N) is 1. The lowest BCUT2D eigenvalue weighted by Gasteiger charge is -2.32. The molecule has 43 heavy (non-hydrogen) atoms. The largest absolute Gasteiger partial charge is 0.497 e. The lowest BCUT2D eigenvalue weighted by molar-refractivity contribution is -0.127. The highest BCUT2D eigenvalue weighted by Crippen LogP contribution is 2.19. The number of rotatable bonds is 8. The van der Waals surface area contributed by atoms with Crippen LogP contribution >= 0.6 is 0 Å². The first kappa shape index (κ1) is 37.6. The summed E-state index contributed by atoms with van der Waals surface area (Å²) < 4.78 is 35.7. The summed E-state index contributed by atoms with van der Waals surface area (Å²) in [7, 11) is 6.40. The van der Waals surface area contributed by atoms with Gasteiger partial charge in [0.15, 0.2) is 0 Å². The second-order valence-corrected chi connectivity index (χ2v) is 9.61. The molecule has 3 unspecified atom stereocenters. The number of carbonyl (C=O) groups excluding carboxylic acids is 3. The molecule has 0 bridgehead atoms. The van der Waals surface area contributed by atoms with Crippen molar-refractivity contribution in [2.75, 3.05) is 54.6 Å². The van der Waals surface area contributed by atoms with Crippen molar-refractivity contribution in [1.29, 1.82) is 0 Å². The number of nitrogens with one attached hydrogen (secondary N) is 3. The number of hydrogen-bond donors (Lipinski definition) is 4. The van der Waals surface area contributed by atoms with Crippen molar-refractivity contribution in [2.24, 2.45) is 0 Å². The Morgan fingerprint density at radius 2 is 1.67 bits per heavy atom. The van der Waals surface area contributed by atoms with Gasteiger partial charge in [-0.05, 0) is 62.2 Å². The molecule has 12 heteroatoms. The fourth-order valence-corrected chi connectivity index (χ4v) is 4.53. The smallest absolute Gasteiger partial charge is 0.254 e. The standard InChI is InChI=1S/C14H19F2N3O2.C13H15NO3.C2H6O.C2H6/c1-17-11(6-8-4-9(15)7-10(16)5-8)13(20)12-14(21)19-3-2-18-12;1-17-12-7-10(9-15)6-11(8-12)13(16)14-4-2-3-5-14;1-3-2;1-2/h4-5,7,11-13,17-18,20H,2-3,6H2,1H3,(H,19,21);6-9H,2-5H2,1H3;1-2H3;1-2H3. The second-order valence-electron chi connectivity index (χ2n) is 9.61. The molecule has 2 fully saturated rings. The Hall–Kier alpha value is -3.45. The van der Waals surface area contributed by atoms with Gasteiger partial charge in [-0.15, -0.1) is 0 Å². The number of benzene rings is 2. The van der Waals surface area contributed by atoms with Gasteiger partial charge in [-0.3, -0.25) is 14.4 Å². The van der Waals surface area contributed by atoms with Crippen molar-refractivity contribution in [1.82, 2.24) is 20.9 Å². The number of likely N-dealkylation sites (tertiary alicyclic amines) is 1. The molecule has 2 heterocycles. The van der Waals surface area contributed by atoms with Crippen LogP contribution in [0.25, 0.3) is 0 Å². The summed E-state index contributed by atoms with van der Waals surface area (Å²) in [5.41, 5.74) is 1.40. The van der Waals surface area contributed by atoms with Crippen LogP contribution in [0.4, 0.5) is 8.78 Å². The lowest BCUT2D eigenvalue weighted by Crippen LogP contribution is -2.62. The molecule has 0 saturated carbocycles. The molecule has 2 aromatic rings. The zero-order chi connectivity index (χ0) is 32.4. The highest BCUT2D eigenvalue weighted by molar-refractivity contribution is 5.96. The van der Waals surface area contributed by atoms with Crippen LogP contribution < -0.4 is 20.7 Å². The lowest BCUT2D eigenvalue weighted by atomic mass is 9.95. The Bertz CT molecular complexity index is 1130. The Labute approximate surface area is 253 Å². The van der Waals surface area contributed by atoms with E-state index >= 15 is 0 Å². The third kappa shape index (κ3) is 12.4. The van der Waals surface area contributed by atoms with Gasteiger partial charge >= 0.3 is 0 Å². The fourth-order valence-electron chi connectivity index (χ4n) is 4.53. The van der Waals surface area contributed by atoms with Crippen LogP contribution in [0.15, 0.2) is 36.4 Å². The van der Waals surface area contributed by atoms with Crippen molar-refractivity contribution in [3.05, 3.63) is 64.7 Å². The minimum Gasteiger partial charge on any atom is -0.497 e. The predicted octanol–water partition coefficient (Wildman–Crippen LogP) is 2.58. The van der Waals surface area contributed by atoms with Gasteiger partial charge in [0.1, 0.15) is 29.7 Å². The van der Waals surface area contributed by atoms with E-state index in [2.05, 4.69) is 20.7 Å². The number of hydrogen-bond acceptors (Lipinski definition) is 8. The molecule has 2 saturated heterocycles. The van der Waals surface area contributed by atoms with Gasteiger partial charge in [0, 0.05) is 63.6 Å². The van der Waals surface area contributed by atoms with Crippen LogP contribution in [-0.2, 0) is 16.0 Å². The van der Waals surface area contributed by atoms with Crippen LogP contribution in [0.5, 0.6) is 5.75 Å². The molecule has 0 spiro atoms. The van der Waals surface area contributed by atoms with Gasteiger partial charge < -0.3 is 35.4 Å². The van der Waals surface area contributed by atoms with Crippen molar-refractivity contribution in [2.45, 2.75) is 51.3 Å². The fraction of sp³-hybridized carbons (Fsp3) is 0.516. The van der Waals surface area contributed by atoms with Crippen molar-refractivity contribution in [3.63, 3.8) is 0 Å². The Kier molecular flexibility index (Phi) is 17.9. The highest BCUT2D eigenvalue weighted by atomic mass is 19.1. The SMILES string of the molecule is CC.CNC(Cc1cc(F)cc(F)c1)C(O)C1NCCNC1=O.COC.COc1cc(C=O)cc(C(=O)N2CCCC2)c1. The van der Waals surface area contributed by atoms with Gasteiger partial charge in [0.05, 0.1) is 13.2 Å². The molecule has 240 valence electrons. The molecular formula is C31H46F2N4O6. The minimum atomic E-state index is -1.01. The first-order chi connectivity index (χ1) is 20.7. The normalized spacial score (nSPS) is 17.0. The van der Waals surface area contributed by atoms with Gasteiger partial charge in [0.25, 0.3) is 5.91 Å². The first-order valence-corrected chi connectivity index (χ1v) is 14.3. The van der Waals surface area contributed by atoms with Gasteiger partial charge in [-0.25, -0.2) is 8.78 Å². The van der Waals surface area contributed by atoms with Gasteiger partial charge in [-0.2, -0.15) is 0 Å². The van der Waals surface area contributed by atoms with E-state index in [0.29, 0.717) is 35.5 Å². The molecule has 2 amide bonds. The predicted molar refractivity (Wildman–Crippen MR) is 162 cm³/mol. The molecule has 10 nitrogen and oxygen atoms in total. The number of ether oxygens (including phenoxy) is 2. The van der Waals surface area contributed by atoms with Crippen LogP contribution in [-0.4, -0.2) is 101 Å². The van der Waals surface area contributed by atoms with Crippen molar-refractivity contribution < 1.29 is 37.7 Å². The van der Waals surface area contributed by atoms with Crippen molar-refractivity contribution >= 4 is 18.1 Å². The Balaban J connectivity index is 0.000000380. The van der Waals surface area contributed by atoms with E-state index in [9.17, 15) is 28.3 Å². The summed E-state index contributed by atoms with van der Waals surface area (Å²) in [5.74, 6) is -1.09. The van der Waals surface area contributed by atoms with E-state index in [0.717, 1.165) is 38.3 Å². The number of likely N-dealkylation sites (N-methyl/N-ethyl adjacent to an activating group) is 1. The molecule has 0 aromatic heterocycles. The molecule has 4 N–H and O–H groups in total. The number of piperazine rings is 1. The quantitative estimate of drug-likeness (QED) is 0.337. The Morgan fingerprint density at radius 1 is 1.07 bits per heavy atom. The summed E-state index contributed by atoms with van der Waals surface area (Å²) in [6.07, 6.45) is 2.02. The molecule has 4 rings (SSSR count). The van der Waals surface area contributed by atoms with Crippen LogP contribution in [0.2, 0.25) is 0 Å². The van der Waals surface area contributed by atoms with E-state index in [4.69, 9.17) is 4.74 Å². The van der Waals surface area contributed by atoms with E-state index in [1.165, 1.54) is 19.2 Å². The summed E-state index contributed by atoms with van der Waals surface area (Å²) in [5, 5.41) is 18.8. The molecule has 2 aromatic carbocycles. The second kappa shape index (κ2) is 20.5. The molecule has 0 radical (unpaired) electrons.